The Balaban J connectivity index is 2.12. The topological polar surface area (TPSA) is 85.2 Å². The van der Waals surface area contributed by atoms with Crippen LogP contribution in [0.15, 0.2) is 12.7 Å². The molecule has 7 heteroatoms. The van der Waals surface area contributed by atoms with E-state index in [4.69, 9.17) is 14.2 Å². The van der Waals surface area contributed by atoms with Crippen molar-refractivity contribution in [1.82, 2.24) is 0 Å². The van der Waals surface area contributed by atoms with Crippen LogP contribution in [-0.2, 0) is 18.3 Å². The summed E-state index contributed by atoms with van der Waals surface area (Å²) >= 11 is 0. The van der Waals surface area contributed by atoms with Gasteiger partial charge in [-0.25, -0.2) is 4.57 Å². The Hall–Kier alpha value is -0.230. The second-order valence-electron chi connectivity index (χ2n) is 4.06. The van der Waals surface area contributed by atoms with Gasteiger partial charge in [-0.05, 0) is 0 Å². The van der Waals surface area contributed by atoms with Crippen molar-refractivity contribution < 1.29 is 28.3 Å². The molecule has 2 heterocycles. The maximum atomic E-state index is 11.2. The fourth-order valence-corrected chi connectivity index (χ4v) is 2.92. The Labute approximate surface area is 93.4 Å². The molecule has 0 spiro atoms. The van der Waals surface area contributed by atoms with Gasteiger partial charge in [-0.15, -0.1) is 6.58 Å². The molecule has 0 aromatic heterocycles. The maximum Gasteiger partial charge on any atom is 0.472 e. The van der Waals surface area contributed by atoms with Crippen LogP contribution in [0.3, 0.4) is 0 Å². The molecule has 2 aliphatic heterocycles. The third-order valence-corrected chi connectivity index (χ3v) is 3.90. The first kappa shape index (κ1) is 12.2. The number of phosphoric acid groups is 1. The fourth-order valence-electron chi connectivity index (χ4n) is 1.95. The first-order valence-corrected chi connectivity index (χ1v) is 6.56. The lowest BCUT2D eigenvalue weighted by molar-refractivity contribution is -0.0579. The molecule has 6 nitrogen and oxygen atoms in total. The maximum absolute atomic E-state index is 11.2. The quantitative estimate of drug-likeness (QED) is 0.546. The molecule has 6 atom stereocenters. The summed E-state index contributed by atoms with van der Waals surface area (Å²) in [5.41, 5.74) is 0. The molecule has 92 valence electrons. The molecule has 2 rings (SSSR count). The van der Waals surface area contributed by atoms with Gasteiger partial charge in [0.05, 0.1) is 12.7 Å². The summed E-state index contributed by atoms with van der Waals surface area (Å²) in [6, 6.07) is 0. The molecule has 2 N–H and O–H groups in total. The zero-order valence-corrected chi connectivity index (χ0v) is 9.75. The van der Waals surface area contributed by atoms with Crippen LogP contribution in [-0.4, -0.2) is 41.0 Å². The summed E-state index contributed by atoms with van der Waals surface area (Å²) in [7, 11) is -4.03. The first-order valence-electron chi connectivity index (χ1n) is 5.06. The monoisotopic (exact) mass is 250 g/mol. The summed E-state index contributed by atoms with van der Waals surface area (Å²) in [6.07, 6.45) is -1.07. The lowest BCUT2D eigenvalue weighted by Crippen LogP contribution is -2.40. The number of aliphatic hydroxyl groups excluding tert-OH is 1. The highest BCUT2D eigenvalue weighted by Crippen LogP contribution is 2.51. The minimum absolute atomic E-state index is 0.0458. The van der Waals surface area contributed by atoms with E-state index in [0.717, 1.165) is 0 Å². The molecule has 6 unspecified atom stereocenters. The van der Waals surface area contributed by atoms with Gasteiger partial charge in [-0.3, -0.25) is 9.05 Å². The minimum Gasteiger partial charge on any atom is -0.388 e. The van der Waals surface area contributed by atoms with Crippen molar-refractivity contribution in [3.05, 3.63) is 12.7 Å². The number of rotatable bonds is 2. The Bertz CT molecular complexity index is 332. The summed E-state index contributed by atoms with van der Waals surface area (Å²) in [4.78, 5) is 9.15. The fraction of sp³-hybridized carbons (Fsp3) is 0.778. The van der Waals surface area contributed by atoms with E-state index in [-0.39, 0.29) is 12.5 Å². The van der Waals surface area contributed by atoms with Crippen molar-refractivity contribution in [2.45, 2.75) is 31.3 Å². The predicted octanol–water partition coefficient (Wildman–Crippen LogP) is 0.453. The third-order valence-electron chi connectivity index (χ3n) is 2.92. The van der Waals surface area contributed by atoms with Crippen LogP contribution in [0, 0.1) is 5.92 Å². The SMILES string of the molecule is C=CC(C)C1OC2COP(=O)(O)OC2C1O. The summed E-state index contributed by atoms with van der Waals surface area (Å²) in [5, 5.41) is 9.93. The van der Waals surface area contributed by atoms with E-state index < -0.39 is 32.2 Å². The second kappa shape index (κ2) is 4.22. The molecule has 2 fully saturated rings. The first-order chi connectivity index (χ1) is 7.44. The highest BCUT2D eigenvalue weighted by atomic mass is 31.2. The van der Waals surface area contributed by atoms with Crippen LogP contribution in [0.4, 0.5) is 0 Å². The number of ether oxygens (including phenoxy) is 1. The van der Waals surface area contributed by atoms with Gasteiger partial charge < -0.3 is 14.7 Å². The van der Waals surface area contributed by atoms with Crippen molar-refractivity contribution in [3.63, 3.8) is 0 Å². The number of phosphoric ester groups is 1. The third kappa shape index (κ3) is 2.09. The molecule has 2 saturated heterocycles. The number of aliphatic hydroxyl groups is 1. The van der Waals surface area contributed by atoms with Gasteiger partial charge in [0.15, 0.2) is 0 Å². The second-order valence-corrected chi connectivity index (χ2v) is 5.47. The molecule has 16 heavy (non-hydrogen) atoms. The molecule has 0 aromatic rings. The number of hydrogen-bond acceptors (Lipinski definition) is 5. The molecule has 0 radical (unpaired) electrons. The average Bonchev–Trinajstić information content (AvgIpc) is 2.54. The van der Waals surface area contributed by atoms with E-state index in [1.54, 1.807) is 6.08 Å². The molecular formula is C9H15O6P. The Kier molecular flexibility index (Phi) is 3.22. The van der Waals surface area contributed by atoms with Gasteiger partial charge in [0, 0.05) is 5.92 Å². The Morgan fingerprint density at radius 1 is 1.62 bits per heavy atom. The van der Waals surface area contributed by atoms with Gasteiger partial charge in [0.1, 0.15) is 18.3 Å². The molecule has 0 aromatic carbocycles. The minimum atomic E-state index is -4.03. The summed E-state index contributed by atoms with van der Waals surface area (Å²) in [5.74, 6) is -0.0673. The lowest BCUT2D eigenvalue weighted by atomic mass is 9.98. The van der Waals surface area contributed by atoms with Crippen molar-refractivity contribution in [1.29, 1.82) is 0 Å². The standard InChI is InChI=1S/C9H15O6P/c1-3-5(2)8-7(10)9-6(14-8)4-13-16(11,12)15-9/h3,5-10H,1,4H2,2H3,(H,11,12). The largest absolute Gasteiger partial charge is 0.472 e. The van der Waals surface area contributed by atoms with E-state index in [2.05, 4.69) is 11.1 Å². The summed E-state index contributed by atoms with van der Waals surface area (Å²) < 4.78 is 26.1. The summed E-state index contributed by atoms with van der Waals surface area (Å²) in [6.45, 7) is 5.42. The van der Waals surface area contributed by atoms with Gasteiger partial charge in [-0.1, -0.05) is 13.0 Å². The molecule has 0 saturated carbocycles. The Morgan fingerprint density at radius 3 is 2.94 bits per heavy atom. The van der Waals surface area contributed by atoms with Gasteiger partial charge in [-0.2, -0.15) is 0 Å². The van der Waals surface area contributed by atoms with E-state index in [0.29, 0.717) is 0 Å². The van der Waals surface area contributed by atoms with Crippen LogP contribution in [0.25, 0.3) is 0 Å². The number of hydrogen-bond donors (Lipinski definition) is 2. The van der Waals surface area contributed by atoms with E-state index in [1.807, 2.05) is 6.92 Å². The Morgan fingerprint density at radius 2 is 2.31 bits per heavy atom. The highest BCUT2D eigenvalue weighted by Gasteiger charge is 2.52. The van der Waals surface area contributed by atoms with Crippen LogP contribution < -0.4 is 0 Å². The predicted molar refractivity (Wildman–Crippen MR) is 54.7 cm³/mol. The van der Waals surface area contributed by atoms with E-state index in [1.165, 1.54) is 0 Å². The van der Waals surface area contributed by atoms with E-state index >= 15 is 0 Å². The number of fused-ring (bicyclic) bond motifs is 1. The highest BCUT2D eigenvalue weighted by molar-refractivity contribution is 7.47. The van der Waals surface area contributed by atoms with Crippen molar-refractivity contribution in [2.24, 2.45) is 5.92 Å². The zero-order valence-electron chi connectivity index (χ0n) is 8.85. The average molecular weight is 250 g/mol. The molecular weight excluding hydrogens is 235 g/mol. The lowest BCUT2D eigenvalue weighted by Gasteiger charge is -2.28. The van der Waals surface area contributed by atoms with E-state index in [9.17, 15) is 9.67 Å². The zero-order chi connectivity index (χ0) is 11.9. The van der Waals surface area contributed by atoms with Gasteiger partial charge >= 0.3 is 7.82 Å². The van der Waals surface area contributed by atoms with Crippen molar-refractivity contribution in [2.75, 3.05) is 6.61 Å². The molecule has 0 aliphatic carbocycles. The van der Waals surface area contributed by atoms with Crippen LogP contribution in [0.1, 0.15) is 6.92 Å². The molecule has 0 amide bonds. The van der Waals surface area contributed by atoms with Crippen molar-refractivity contribution in [3.8, 4) is 0 Å². The smallest absolute Gasteiger partial charge is 0.388 e. The molecule has 2 aliphatic rings. The molecule has 0 bridgehead atoms. The van der Waals surface area contributed by atoms with Crippen molar-refractivity contribution >= 4 is 7.82 Å². The van der Waals surface area contributed by atoms with Gasteiger partial charge in [0.25, 0.3) is 0 Å². The van der Waals surface area contributed by atoms with Crippen LogP contribution >= 0.6 is 7.82 Å². The van der Waals surface area contributed by atoms with Crippen LogP contribution in [0.5, 0.6) is 0 Å². The van der Waals surface area contributed by atoms with Crippen LogP contribution in [0.2, 0.25) is 0 Å². The van der Waals surface area contributed by atoms with Gasteiger partial charge in [0.2, 0.25) is 0 Å². The normalized spacial score (nSPS) is 49.7.